The van der Waals surface area contributed by atoms with Gasteiger partial charge in [0.1, 0.15) is 0 Å². The third kappa shape index (κ3) is 4.92. The van der Waals surface area contributed by atoms with Gasteiger partial charge in [0.15, 0.2) is 0 Å². The van der Waals surface area contributed by atoms with Gasteiger partial charge in [0.25, 0.3) is 0 Å². The molecule has 0 saturated carbocycles. The van der Waals surface area contributed by atoms with Gasteiger partial charge >= 0.3 is 0 Å². The van der Waals surface area contributed by atoms with E-state index in [9.17, 15) is 5.11 Å². The Kier molecular flexibility index (Phi) is 4.24. The minimum Gasteiger partial charge on any atom is -0.389 e. The molecular weight excluding hydrogens is 216 g/mol. The highest BCUT2D eigenvalue weighted by Gasteiger charge is 2.38. The molecule has 1 fully saturated rings. The zero-order valence-electron chi connectivity index (χ0n) is 11.9. The van der Waals surface area contributed by atoms with Crippen molar-refractivity contribution in [1.29, 1.82) is 0 Å². The summed E-state index contributed by atoms with van der Waals surface area (Å²) in [6.07, 6.45) is 0.704. The van der Waals surface area contributed by atoms with E-state index in [0.29, 0.717) is 13.0 Å². The molecule has 0 aromatic carbocycles. The van der Waals surface area contributed by atoms with Crippen molar-refractivity contribution in [2.24, 2.45) is 5.73 Å². The lowest BCUT2D eigenvalue weighted by molar-refractivity contribution is -0.182. The molecule has 1 aliphatic rings. The fraction of sp³-hybridized carbons (Fsp3) is 1.00. The first-order valence-corrected chi connectivity index (χ1v) is 6.40. The SMILES string of the molecule is CC(O)(CN)CCN1CC(C)(C)OC(C)(C)C1. The summed E-state index contributed by atoms with van der Waals surface area (Å²) in [5.74, 6) is 0. The number of nitrogens with zero attached hydrogens (tertiary/aromatic N) is 1. The van der Waals surface area contributed by atoms with Crippen LogP contribution in [0.2, 0.25) is 0 Å². The summed E-state index contributed by atoms with van der Waals surface area (Å²) < 4.78 is 6.02. The normalized spacial score (nSPS) is 27.7. The van der Waals surface area contributed by atoms with Gasteiger partial charge in [0.2, 0.25) is 0 Å². The molecule has 17 heavy (non-hydrogen) atoms. The summed E-state index contributed by atoms with van der Waals surface area (Å²) in [7, 11) is 0. The molecule has 4 nitrogen and oxygen atoms in total. The largest absolute Gasteiger partial charge is 0.389 e. The standard InChI is InChI=1S/C13H28N2O2/c1-11(2)9-15(10-12(3,4)17-11)7-6-13(5,16)8-14/h16H,6-10,14H2,1-5H3. The summed E-state index contributed by atoms with van der Waals surface area (Å²) >= 11 is 0. The molecule has 0 aromatic heterocycles. The van der Waals surface area contributed by atoms with E-state index in [1.807, 2.05) is 0 Å². The van der Waals surface area contributed by atoms with Crippen molar-refractivity contribution >= 4 is 0 Å². The molecule has 0 amide bonds. The average Bonchev–Trinajstić information content (AvgIpc) is 2.10. The second-order valence-corrected chi connectivity index (χ2v) is 6.78. The highest BCUT2D eigenvalue weighted by molar-refractivity contribution is 4.90. The van der Waals surface area contributed by atoms with Gasteiger partial charge in [-0.05, 0) is 41.0 Å². The minimum absolute atomic E-state index is 0.129. The summed E-state index contributed by atoms with van der Waals surface area (Å²) in [4.78, 5) is 2.35. The van der Waals surface area contributed by atoms with Crippen LogP contribution in [0, 0.1) is 0 Å². The number of morpholine rings is 1. The van der Waals surface area contributed by atoms with Gasteiger partial charge in [-0.3, -0.25) is 4.90 Å². The molecule has 3 N–H and O–H groups in total. The van der Waals surface area contributed by atoms with Crippen LogP contribution in [0.15, 0.2) is 0 Å². The van der Waals surface area contributed by atoms with Gasteiger partial charge in [-0.25, -0.2) is 0 Å². The van der Waals surface area contributed by atoms with Crippen molar-refractivity contribution in [2.45, 2.75) is 57.8 Å². The quantitative estimate of drug-likeness (QED) is 0.774. The Morgan fingerprint density at radius 1 is 1.24 bits per heavy atom. The predicted octanol–water partition coefficient (Wildman–Crippen LogP) is 0.976. The Bertz CT molecular complexity index is 246. The Morgan fingerprint density at radius 2 is 1.71 bits per heavy atom. The van der Waals surface area contributed by atoms with Gasteiger partial charge in [-0.15, -0.1) is 0 Å². The van der Waals surface area contributed by atoms with E-state index >= 15 is 0 Å². The predicted molar refractivity (Wildman–Crippen MR) is 70.0 cm³/mol. The van der Waals surface area contributed by atoms with Gasteiger partial charge in [-0.1, -0.05) is 0 Å². The molecule has 1 aliphatic heterocycles. The Hall–Kier alpha value is -0.160. The Morgan fingerprint density at radius 3 is 2.12 bits per heavy atom. The molecule has 0 radical (unpaired) electrons. The van der Waals surface area contributed by atoms with Crippen molar-refractivity contribution in [2.75, 3.05) is 26.2 Å². The van der Waals surface area contributed by atoms with Crippen LogP contribution in [-0.2, 0) is 4.74 Å². The first kappa shape index (κ1) is 14.9. The number of nitrogens with two attached hydrogens (primary N) is 1. The van der Waals surface area contributed by atoms with Crippen LogP contribution in [0.3, 0.4) is 0 Å². The number of ether oxygens (including phenoxy) is 1. The first-order valence-electron chi connectivity index (χ1n) is 6.40. The highest BCUT2D eigenvalue weighted by Crippen LogP contribution is 2.28. The van der Waals surface area contributed by atoms with Gasteiger partial charge < -0.3 is 15.6 Å². The molecule has 1 heterocycles. The van der Waals surface area contributed by atoms with E-state index in [0.717, 1.165) is 19.6 Å². The smallest absolute Gasteiger partial charge is 0.0760 e. The fourth-order valence-corrected chi connectivity index (χ4v) is 2.60. The maximum atomic E-state index is 9.93. The maximum absolute atomic E-state index is 9.93. The van der Waals surface area contributed by atoms with E-state index in [2.05, 4.69) is 32.6 Å². The summed E-state index contributed by atoms with van der Waals surface area (Å²) in [6, 6.07) is 0. The molecule has 1 unspecified atom stereocenters. The average molecular weight is 244 g/mol. The van der Waals surface area contributed by atoms with Crippen LogP contribution in [0.5, 0.6) is 0 Å². The third-order valence-electron chi connectivity index (χ3n) is 3.17. The lowest BCUT2D eigenvalue weighted by atomic mass is 9.97. The van der Waals surface area contributed by atoms with Crippen LogP contribution in [-0.4, -0.2) is 53.0 Å². The Balaban J connectivity index is 2.54. The second kappa shape index (κ2) is 4.84. The topological polar surface area (TPSA) is 58.7 Å². The first-order chi connectivity index (χ1) is 7.55. The number of aliphatic hydroxyl groups is 1. The number of rotatable bonds is 4. The molecular formula is C13H28N2O2. The van der Waals surface area contributed by atoms with Crippen molar-refractivity contribution in [3.63, 3.8) is 0 Å². The van der Waals surface area contributed by atoms with E-state index in [1.165, 1.54) is 0 Å². The van der Waals surface area contributed by atoms with Gasteiger partial charge in [-0.2, -0.15) is 0 Å². The van der Waals surface area contributed by atoms with Crippen molar-refractivity contribution in [3.05, 3.63) is 0 Å². The van der Waals surface area contributed by atoms with E-state index < -0.39 is 5.60 Å². The van der Waals surface area contributed by atoms with Gasteiger partial charge in [0.05, 0.1) is 16.8 Å². The molecule has 0 aliphatic carbocycles. The second-order valence-electron chi connectivity index (χ2n) is 6.78. The molecule has 0 aromatic rings. The van der Waals surface area contributed by atoms with E-state index in [-0.39, 0.29) is 11.2 Å². The number of hydrogen-bond donors (Lipinski definition) is 2. The lowest BCUT2D eigenvalue weighted by Crippen LogP contribution is -2.57. The molecule has 1 saturated heterocycles. The molecule has 1 rings (SSSR count). The van der Waals surface area contributed by atoms with Crippen LogP contribution in [0.4, 0.5) is 0 Å². The van der Waals surface area contributed by atoms with E-state index in [1.54, 1.807) is 6.92 Å². The molecule has 1 atom stereocenters. The molecule has 102 valence electrons. The summed E-state index contributed by atoms with van der Waals surface area (Å²) in [5, 5.41) is 9.93. The van der Waals surface area contributed by atoms with Crippen molar-refractivity contribution in [3.8, 4) is 0 Å². The highest BCUT2D eigenvalue weighted by atomic mass is 16.5. The van der Waals surface area contributed by atoms with Crippen molar-refractivity contribution < 1.29 is 9.84 Å². The Labute approximate surface area is 105 Å². The van der Waals surface area contributed by atoms with Crippen LogP contribution in [0.1, 0.15) is 41.0 Å². The van der Waals surface area contributed by atoms with Crippen molar-refractivity contribution in [1.82, 2.24) is 4.90 Å². The summed E-state index contributed by atoms with van der Waals surface area (Å²) in [5.41, 5.74) is 4.52. The molecule has 4 heteroatoms. The minimum atomic E-state index is -0.757. The van der Waals surface area contributed by atoms with Crippen LogP contribution in [0.25, 0.3) is 0 Å². The van der Waals surface area contributed by atoms with Gasteiger partial charge in [0, 0.05) is 26.2 Å². The lowest BCUT2D eigenvalue weighted by Gasteiger charge is -2.47. The third-order valence-corrected chi connectivity index (χ3v) is 3.17. The zero-order chi connectivity index (χ0) is 13.3. The van der Waals surface area contributed by atoms with E-state index in [4.69, 9.17) is 10.5 Å². The summed E-state index contributed by atoms with van der Waals surface area (Å²) in [6.45, 7) is 13.2. The molecule has 0 bridgehead atoms. The maximum Gasteiger partial charge on any atom is 0.0760 e. The zero-order valence-corrected chi connectivity index (χ0v) is 11.9. The van der Waals surface area contributed by atoms with Crippen LogP contribution >= 0.6 is 0 Å². The van der Waals surface area contributed by atoms with Crippen LogP contribution < -0.4 is 5.73 Å². The number of hydrogen-bond acceptors (Lipinski definition) is 4. The molecule has 0 spiro atoms. The fourth-order valence-electron chi connectivity index (χ4n) is 2.60. The monoisotopic (exact) mass is 244 g/mol.